The van der Waals surface area contributed by atoms with Crippen molar-refractivity contribution in [1.29, 1.82) is 0 Å². The van der Waals surface area contributed by atoms with Gasteiger partial charge in [0.25, 0.3) is 0 Å². The second-order valence-electron chi connectivity index (χ2n) is 7.38. The van der Waals surface area contributed by atoms with E-state index in [1.54, 1.807) is 0 Å². The lowest BCUT2D eigenvalue weighted by atomic mass is 9.98. The van der Waals surface area contributed by atoms with Gasteiger partial charge in [0.1, 0.15) is 11.9 Å². The first-order valence-corrected chi connectivity index (χ1v) is 9.11. The van der Waals surface area contributed by atoms with Crippen molar-refractivity contribution in [2.24, 2.45) is 5.92 Å². The molecule has 1 amide bonds. The lowest BCUT2D eigenvalue weighted by Gasteiger charge is -2.35. The molecule has 1 saturated carbocycles. The van der Waals surface area contributed by atoms with Crippen molar-refractivity contribution in [1.82, 2.24) is 10.2 Å². The van der Waals surface area contributed by atoms with Crippen LogP contribution in [0.5, 0.6) is 0 Å². The molecule has 0 spiro atoms. The molecular formula is C19H25FN2O2. The van der Waals surface area contributed by atoms with Gasteiger partial charge in [-0.3, -0.25) is 9.69 Å². The number of carbonyl (C=O) groups is 1. The Labute approximate surface area is 142 Å². The molecule has 2 saturated heterocycles. The van der Waals surface area contributed by atoms with Crippen molar-refractivity contribution in [3.8, 4) is 0 Å². The first kappa shape index (κ1) is 16.0. The number of halogens is 1. The van der Waals surface area contributed by atoms with Gasteiger partial charge in [-0.2, -0.15) is 0 Å². The zero-order valence-electron chi connectivity index (χ0n) is 13.9. The molecule has 0 radical (unpaired) electrons. The summed E-state index contributed by atoms with van der Waals surface area (Å²) in [5, 5.41) is 3.04. The largest absolute Gasteiger partial charge is 0.363 e. The second-order valence-corrected chi connectivity index (χ2v) is 7.38. The van der Waals surface area contributed by atoms with Crippen LogP contribution in [0.2, 0.25) is 0 Å². The molecule has 0 bridgehead atoms. The number of likely N-dealkylation sites (tertiary alicyclic amines) is 1. The molecule has 5 heteroatoms. The number of hydrogen-bond acceptors (Lipinski definition) is 3. The first-order chi connectivity index (χ1) is 11.7. The van der Waals surface area contributed by atoms with Gasteiger partial charge in [0.15, 0.2) is 0 Å². The highest BCUT2D eigenvalue weighted by Crippen LogP contribution is 2.33. The molecule has 24 heavy (non-hydrogen) atoms. The number of carbonyl (C=O) groups excluding carboxylic acids is 1. The van der Waals surface area contributed by atoms with Crippen LogP contribution in [-0.4, -0.2) is 42.1 Å². The van der Waals surface area contributed by atoms with Gasteiger partial charge in [0.05, 0.1) is 6.10 Å². The zero-order valence-corrected chi connectivity index (χ0v) is 13.9. The summed E-state index contributed by atoms with van der Waals surface area (Å²) >= 11 is 0. The standard InChI is InChI=1S/C19H25FN2O2/c20-15-5-3-14(4-6-15)12-22-10-9-17-16(22)7-8-18(24-17)19(23)21-11-13-1-2-13/h3-6,13,16-18H,1-2,7-12H2,(H,21,23)/t16-,17-,18-/m0/s1. The summed E-state index contributed by atoms with van der Waals surface area (Å²) in [7, 11) is 0. The van der Waals surface area contributed by atoms with Crippen molar-refractivity contribution in [2.75, 3.05) is 13.1 Å². The topological polar surface area (TPSA) is 41.6 Å². The number of ether oxygens (including phenoxy) is 1. The van der Waals surface area contributed by atoms with Gasteiger partial charge in [-0.25, -0.2) is 4.39 Å². The molecule has 4 rings (SSSR count). The molecular weight excluding hydrogens is 307 g/mol. The maximum atomic E-state index is 13.0. The third-order valence-electron chi connectivity index (χ3n) is 5.52. The van der Waals surface area contributed by atoms with Crippen LogP contribution in [0.3, 0.4) is 0 Å². The van der Waals surface area contributed by atoms with Gasteiger partial charge in [-0.15, -0.1) is 0 Å². The summed E-state index contributed by atoms with van der Waals surface area (Å²) in [5.41, 5.74) is 1.13. The van der Waals surface area contributed by atoms with E-state index in [4.69, 9.17) is 4.74 Å². The van der Waals surface area contributed by atoms with E-state index >= 15 is 0 Å². The summed E-state index contributed by atoms with van der Waals surface area (Å²) < 4.78 is 19.1. The minimum absolute atomic E-state index is 0.0670. The fourth-order valence-corrected chi connectivity index (χ4v) is 3.91. The van der Waals surface area contributed by atoms with E-state index in [1.165, 1.54) is 25.0 Å². The Morgan fingerprint density at radius 1 is 1.17 bits per heavy atom. The highest BCUT2D eigenvalue weighted by atomic mass is 19.1. The van der Waals surface area contributed by atoms with Gasteiger partial charge in [-0.1, -0.05) is 12.1 Å². The summed E-state index contributed by atoms with van der Waals surface area (Å²) in [6, 6.07) is 7.10. The Morgan fingerprint density at radius 3 is 2.71 bits per heavy atom. The Bertz CT molecular complexity index is 588. The van der Waals surface area contributed by atoms with Crippen molar-refractivity contribution in [3.63, 3.8) is 0 Å². The first-order valence-electron chi connectivity index (χ1n) is 9.11. The molecule has 3 atom stereocenters. The van der Waals surface area contributed by atoms with E-state index in [0.29, 0.717) is 12.0 Å². The molecule has 130 valence electrons. The fourth-order valence-electron chi connectivity index (χ4n) is 3.91. The third-order valence-corrected chi connectivity index (χ3v) is 5.52. The maximum absolute atomic E-state index is 13.0. The molecule has 1 aromatic rings. The molecule has 4 nitrogen and oxygen atoms in total. The molecule has 1 aromatic carbocycles. The SMILES string of the molecule is O=C(NCC1CC1)[C@@H]1CC[C@H]2[C@H](CCN2Cc2ccc(F)cc2)O1. The highest BCUT2D eigenvalue weighted by molar-refractivity contribution is 5.80. The number of nitrogens with zero attached hydrogens (tertiary/aromatic N) is 1. The fraction of sp³-hybridized carbons (Fsp3) is 0.632. The van der Waals surface area contributed by atoms with E-state index < -0.39 is 0 Å². The summed E-state index contributed by atoms with van der Waals surface area (Å²) in [5.74, 6) is 0.569. The monoisotopic (exact) mass is 332 g/mol. The predicted octanol–water partition coefficient (Wildman–Crippen LogP) is 2.47. The van der Waals surface area contributed by atoms with E-state index in [9.17, 15) is 9.18 Å². The normalized spacial score (nSPS) is 30.1. The van der Waals surface area contributed by atoms with Crippen LogP contribution < -0.4 is 5.32 Å². The van der Waals surface area contributed by atoms with Gasteiger partial charge in [0, 0.05) is 25.7 Å². The number of benzene rings is 1. The van der Waals surface area contributed by atoms with Crippen LogP contribution in [0.25, 0.3) is 0 Å². The molecule has 3 fully saturated rings. The minimum Gasteiger partial charge on any atom is -0.363 e. The number of nitrogens with one attached hydrogen (secondary N) is 1. The quantitative estimate of drug-likeness (QED) is 0.901. The average molecular weight is 332 g/mol. The van der Waals surface area contributed by atoms with E-state index in [-0.39, 0.29) is 23.9 Å². The van der Waals surface area contributed by atoms with Crippen molar-refractivity contribution < 1.29 is 13.9 Å². The van der Waals surface area contributed by atoms with Gasteiger partial charge in [-0.05, 0) is 55.7 Å². The van der Waals surface area contributed by atoms with Crippen LogP contribution >= 0.6 is 0 Å². The molecule has 1 aliphatic carbocycles. The molecule has 2 aliphatic heterocycles. The molecule has 0 unspecified atom stereocenters. The molecule has 3 aliphatic rings. The van der Waals surface area contributed by atoms with Crippen LogP contribution in [0, 0.1) is 11.7 Å². The lowest BCUT2D eigenvalue weighted by molar-refractivity contribution is -0.144. The van der Waals surface area contributed by atoms with Crippen molar-refractivity contribution in [2.45, 2.75) is 56.9 Å². The molecule has 2 heterocycles. The highest BCUT2D eigenvalue weighted by Gasteiger charge is 2.41. The van der Waals surface area contributed by atoms with E-state index in [1.807, 2.05) is 12.1 Å². The Kier molecular flexibility index (Phi) is 4.55. The second kappa shape index (κ2) is 6.81. The Hall–Kier alpha value is -1.46. The number of hydrogen-bond donors (Lipinski definition) is 1. The lowest BCUT2D eigenvalue weighted by Crippen LogP contribution is -2.47. The summed E-state index contributed by atoms with van der Waals surface area (Å²) in [4.78, 5) is 14.7. The summed E-state index contributed by atoms with van der Waals surface area (Å²) in [6.45, 7) is 2.61. The average Bonchev–Trinajstić information content (AvgIpc) is 3.35. The van der Waals surface area contributed by atoms with Gasteiger partial charge < -0.3 is 10.1 Å². The van der Waals surface area contributed by atoms with E-state index in [2.05, 4.69) is 10.2 Å². The smallest absolute Gasteiger partial charge is 0.249 e. The third kappa shape index (κ3) is 3.62. The number of fused-ring (bicyclic) bond motifs is 1. The van der Waals surface area contributed by atoms with Gasteiger partial charge >= 0.3 is 0 Å². The molecule has 0 aromatic heterocycles. The molecule has 1 N–H and O–H groups in total. The van der Waals surface area contributed by atoms with Crippen LogP contribution in [-0.2, 0) is 16.1 Å². The van der Waals surface area contributed by atoms with Crippen LogP contribution in [0.1, 0.15) is 37.7 Å². The summed E-state index contributed by atoms with van der Waals surface area (Å²) in [6.07, 6.45) is 5.11. The van der Waals surface area contributed by atoms with Crippen molar-refractivity contribution in [3.05, 3.63) is 35.6 Å². The van der Waals surface area contributed by atoms with E-state index in [0.717, 1.165) is 44.5 Å². The number of amides is 1. The predicted molar refractivity (Wildman–Crippen MR) is 88.8 cm³/mol. The van der Waals surface area contributed by atoms with Gasteiger partial charge in [0.2, 0.25) is 5.91 Å². The Morgan fingerprint density at radius 2 is 1.96 bits per heavy atom. The minimum atomic E-state index is -0.282. The Balaban J connectivity index is 1.30. The van der Waals surface area contributed by atoms with Crippen LogP contribution in [0.4, 0.5) is 4.39 Å². The van der Waals surface area contributed by atoms with Crippen LogP contribution in [0.15, 0.2) is 24.3 Å². The van der Waals surface area contributed by atoms with Crippen molar-refractivity contribution >= 4 is 5.91 Å². The maximum Gasteiger partial charge on any atom is 0.249 e. The zero-order chi connectivity index (χ0) is 16.5. The number of rotatable bonds is 5.